The van der Waals surface area contributed by atoms with Gasteiger partial charge in [-0.1, -0.05) is 133 Å². The van der Waals surface area contributed by atoms with Gasteiger partial charge >= 0.3 is 12.1 Å². The molecule has 0 heterocycles. The third-order valence-corrected chi connectivity index (χ3v) is 12.1. The van der Waals surface area contributed by atoms with Gasteiger partial charge in [-0.2, -0.15) is 0 Å². The molecule has 0 saturated heterocycles. The average molecular weight is 943 g/mol. The number of esters is 1. The molecular formula is C57H58N4O9. The fourth-order valence-electron chi connectivity index (χ4n) is 8.45. The summed E-state index contributed by atoms with van der Waals surface area (Å²) in [5.41, 5.74) is 6.51. The van der Waals surface area contributed by atoms with E-state index in [2.05, 4.69) is 34.4 Å². The number of carbonyl (C=O) groups excluding carboxylic acids is 5. The first-order valence-electron chi connectivity index (χ1n) is 23.4. The first-order valence-corrected chi connectivity index (χ1v) is 23.4. The quantitative estimate of drug-likeness (QED) is 0.0294. The number of hydrogen-bond acceptors (Lipinski definition) is 9. The monoisotopic (exact) mass is 942 g/mol. The molecular weight excluding hydrogens is 885 g/mol. The highest BCUT2D eigenvalue weighted by Gasteiger charge is 2.32. The molecule has 70 heavy (non-hydrogen) atoms. The number of amides is 4. The Kier molecular flexibility index (Phi) is 17.7. The van der Waals surface area contributed by atoms with Crippen molar-refractivity contribution in [3.8, 4) is 16.9 Å². The zero-order valence-corrected chi connectivity index (χ0v) is 38.9. The van der Waals surface area contributed by atoms with Gasteiger partial charge in [-0.3, -0.25) is 14.4 Å². The van der Waals surface area contributed by atoms with Gasteiger partial charge in [0.05, 0.1) is 18.6 Å². The number of ether oxygens (including phenoxy) is 3. The molecule has 5 N–H and O–H groups in total. The van der Waals surface area contributed by atoms with E-state index >= 15 is 0 Å². The number of alkyl carbamates (subject to hydrolysis) is 1. The number of carbonyl (C=O) groups is 5. The molecule has 0 fully saturated rings. The largest absolute Gasteiger partial charge is 0.489 e. The van der Waals surface area contributed by atoms with Gasteiger partial charge in [0, 0.05) is 18.0 Å². The molecule has 6 aromatic rings. The number of hydrogen-bond donors (Lipinski definition) is 5. The molecule has 0 saturated carbocycles. The molecule has 7 rings (SSSR count). The minimum Gasteiger partial charge on any atom is -0.489 e. The number of rotatable bonds is 24. The minimum atomic E-state index is -1.43. The van der Waals surface area contributed by atoms with E-state index in [9.17, 15) is 29.1 Å². The lowest BCUT2D eigenvalue weighted by Crippen LogP contribution is -2.51. The van der Waals surface area contributed by atoms with Crippen molar-refractivity contribution in [2.75, 3.05) is 25.1 Å². The summed E-state index contributed by atoms with van der Waals surface area (Å²) in [6.45, 7) is 6.99. The first kappa shape index (κ1) is 49.9. The molecule has 13 heteroatoms. The predicted molar refractivity (Wildman–Crippen MR) is 270 cm³/mol. The summed E-state index contributed by atoms with van der Waals surface area (Å²) in [4.78, 5) is 68.6. The van der Waals surface area contributed by atoms with Gasteiger partial charge in [0.25, 0.3) is 5.91 Å². The van der Waals surface area contributed by atoms with Crippen molar-refractivity contribution in [2.45, 2.75) is 62.8 Å². The van der Waals surface area contributed by atoms with E-state index in [1.807, 2.05) is 133 Å². The summed E-state index contributed by atoms with van der Waals surface area (Å²) >= 11 is 0. The maximum Gasteiger partial charge on any atom is 0.407 e. The fourth-order valence-corrected chi connectivity index (χ4v) is 8.45. The van der Waals surface area contributed by atoms with Gasteiger partial charge in [-0.15, -0.1) is 13.2 Å². The van der Waals surface area contributed by atoms with Gasteiger partial charge in [-0.25, -0.2) is 9.59 Å². The number of allylic oxidation sites excluding steroid dienone is 2. The normalized spacial score (nSPS) is 13.3. The Hall–Kier alpha value is -8.03. The molecule has 1 aliphatic carbocycles. The Morgan fingerprint density at radius 3 is 2.01 bits per heavy atom. The summed E-state index contributed by atoms with van der Waals surface area (Å²) in [6.07, 6.45) is 2.80. The lowest BCUT2D eigenvalue weighted by Gasteiger charge is -2.24. The van der Waals surface area contributed by atoms with Crippen molar-refractivity contribution in [3.05, 3.63) is 193 Å². The first-order chi connectivity index (χ1) is 34.1. The van der Waals surface area contributed by atoms with Gasteiger partial charge in [-0.05, 0) is 94.1 Å². The number of aliphatic hydroxyl groups is 1. The highest BCUT2D eigenvalue weighted by molar-refractivity contribution is 6.00. The van der Waals surface area contributed by atoms with Crippen molar-refractivity contribution in [2.24, 2.45) is 5.92 Å². The maximum atomic E-state index is 14.0. The zero-order chi connectivity index (χ0) is 49.2. The van der Waals surface area contributed by atoms with Crippen LogP contribution in [-0.4, -0.2) is 72.8 Å². The van der Waals surface area contributed by atoms with Crippen LogP contribution in [0.15, 0.2) is 171 Å². The summed E-state index contributed by atoms with van der Waals surface area (Å²) < 4.78 is 17.3. The Morgan fingerprint density at radius 2 is 1.33 bits per heavy atom. The fraction of sp³-hybridized carbons (Fsp3) is 0.246. The number of nitrogens with one attached hydrogen (secondary N) is 4. The summed E-state index contributed by atoms with van der Waals surface area (Å²) in [6, 6.07) is 42.7. The number of fused-ring (bicyclic) bond motifs is 4. The van der Waals surface area contributed by atoms with Crippen molar-refractivity contribution in [3.63, 3.8) is 0 Å². The average Bonchev–Trinajstić information content (AvgIpc) is 3.70. The van der Waals surface area contributed by atoms with Crippen LogP contribution in [0.5, 0.6) is 5.75 Å². The third kappa shape index (κ3) is 13.6. The standard InChI is InChI=1S/C57H58N4O9/c1-3-5-24-51(61-57(67)70-36-50-48-22-13-11-20-46(48)47-21-12-14-23-49(47)50)56(66)69-37-52(55(65)59-43-28-27-40-18-9-10-19-41(40)32-43)60-54(64)42(15-4-2)33-53(63)58-44(34-62)31-38-25-29-45(30-26-38)68-35-39-16-7-6-8-17-39/h3-4,6-14,16-23,25-30,32,42,44,50-52,62H,1-2,5,15,24,31,33-37H2,(H,58,63)(H,59,65)(H,60,64)(H,61,67)/t42-,44+,51+,52+/m1/s1. The number of benzene rings is 6. The molecule has 0 bridgehead atoms. The van der Waals surface area contributed by atoms with Crippen molar-refractivity contribution >= 4 is 46.2 Å². The predicted octanol–water partition coefficient (Wildman–Crippen LogP) is 8.56. The number of aliphatic hydroxyl groups excluding tert-OH is 1. The summed E-state index contributed by atoms with van der Waals surface area (Å²) in [5.74, 6) is -3.24. The second kappa shape index (κ2) is 24.8. The highest BCUT2D eigenvalue weighted by Crippen LogP contribution is 2.44. The van der Waals surface area contributed by atoms with E-state index in [1.165, 1.54) is 6.08 Å². The topological polar surface area (TPSA) is 181 Å². The molecule has 0 radical (unpaired) electrons. The highest BCUT2D eigenvalue weighted by atomic mass is 16.6. The van der Waals surface area contributed by atoms with Crippen molar-refractivity contribution in [1.82, 2.24) is 16.0 Å². The van der Waals surface area contributed by atoms with Gasteiger partial charge < -0.3 is 40.6 Å². The maximum absolute atomic E-state index is 14.0. The molecule has 0 unspecified atom stereocenters. The molecule has 0 aliphatic heterocycles. The number of anilines is 1. The van der Waals surface area contributed by atoms with Crippen LogP contribution in [0, 0.1) is 5.92 Å². The Labute approximate surface area is 407 Å². The molecule has 4 atom stereocenters. The molecule has 1 aliphatic rings. The molecule has 13 nitrogen and oxygen atoms in total. The second-order valence-corrected chi connectivity index (χ2v) is 17.1. The van der Waals surface area contributed by atoms with Crippen LogP contribution in [-0.2, 0) is 41.7 Å². The summed E-state index contributed by atoms with van der Waals surface area (Å²) in [5, 5.41) is 23.0. The molecule has 0 aromatic heterocycles. The minimum absolute atomic E-state index is 0.0240. The van der Waals surface area contributed by atoms with Crippen LogP contribution < -0.4 is 26.0 Å². The van der Waals surface area contributed by atoms with Crippen LogP contribution in [0.1, 0.15) is 53.9 Å². The lowest BCUT2D eigenvalue weighted by atomic mass is 9.98. The summed E-state index contributed by atoms with van der Waals surface area (Å²) in [7, 11) is 0. The van der Waals surface area contributed by atoms with Crippen molar-refractivity contribution in [1.29, 1.82) is 0 Å². The van der Waals surface area contributed by atoms with Crippen LogP contribution >= 0.6 is 0 Å². The third-order valence-electron chi connectivity index (χ3n) is 12.1. The SMILES string of the molecule is C=CCC[C@H](NC(=O)OCC1c2ccccc2-c2ccccc21)C(=O)OC[C@H](NC(=O)[C@H](CC=C)CC(=O)N[C@H](CO)Cc1ccc(OCc2ccccc2)cc1)C(=O)Nc1ccc2ccccc2c1. The smallest absolute Gasteiger partial charge is 0.407 e. The van der Waals surface area contributed by atoms with Gasteiger partial charge in [0.15, 0.2) is 0 Å². The van der Waals surface area contributed by atoms with Gasteiger partial charge in [0.2, 0.25) is 11.8 Å². The van der Waals surface area contributed by atoms with Gasteiger partial charge in [0.1, 0.15) is 37.7 Å². The molecule has 360 valence electrons. The van der Waals surface area contributed by atoms with E-state index < -0.39 is 60.4 Å². The molecule has 6 aromatic carbocycles. The van der Waals surface area contributed by atoms with Crippen LogP contribution in [0.2, 0.25) is 0 Å². The zero-order valence-electron chi connectivity index (χ0n) is 38.9. The lowest BCUT2D eigenvalue weighted by molar-refractivity contribution is -0.148. The van der Waals surface area contributed by atoms with E-state index in [-0.39, 0.29) is 38.4 Å². The van der Waals surface area contributed by atoms with Crippen LogP contribution in [0.25, 0.3) is 21.9 Å². The van der Waals surface area contributed by atoms with E-state index in [4.69, 9.17) is 14.2 Å². The van der Waals surface area contributed by atoms with E-state index in [0.29, 0.717) is 30.9 Å². The van der Waals surface area contributed by atoms with Crippen LogP contribution in [0.3, 0.4) is 0 Å². The van der Waals surface area contributed by atoms with Crippen molar-refractivity contribution < 1.29 is 43.3 Å². The molecule has 4 amide bonds. The Morgan fingerprint density at radius 1 is 0.657 bits per heavy atom. The van der Waals surface area contributed by atoms with Crippen LogP contribution in [0.4, 0.5) is 10.5 Å². The van der Waals surface area contributed by atoms with E-state index in [1.54, 1.807) is 18.2 Å². The Balaban J connectivity index is 0.986. The molecule has 0 spiro atoms. The second-order valence-electron chi connectivity index (χ2n) is 17.1. The van der Waals surface area contributed by atoms with E-state index in [0.717, 1.165) is 44.2 Å². The Bertz CT molecular complexity index is 2730.